The fourth-order valence-electron chi connectivity index (χ4n) is 4.11. The monoisotopic (exact) mass is 506 g/mol. The number of ether oxygens (including phenoxy) is 2. The second-order valence-electron chi connectivity index (χ2n) is 8.71. The Morgan fingerprint density at radius 1 is 0.703 bits per heavy atom. The molecule has 0 aliphatic carbocycles. The van der Waals surface area contributed by atoms with Gasteiger partial charge in [0.05, 0.1) is 12.7 Å². The van der Waals surface area contributed by atoms with Crippen molar-refractivity contribution in [2.24, 2.45) is 0 Å². The summed E-state index contributed by atoms with van der Waals surface area (Å²) in [4.78, 5) is 0. The minimum Gasteiger partial charge on any atom is -0.494 e. The zero-order valence-corrected chi connectivity index (χ0v) is 20.8. The van der Waals surface area contributed by atoms with Gasteiger partial charge in [0.1, 0.15) is 23.9 Å². The summed E-state index contributed by atoms with van der Waals surface area (Å²) < 4.78 is 55.3. The van der Waals surface area contributed by atoms with Crippen molar-refractivity contribution >= 4 is 0 Å². The quantitative estimate of drug-likeness (QED) is 0.235. The molecule has 0 aromatic heterocycles. The highest BCUT2D eigenvalue weighted by atomic mass is 19.2. The maximum atomic E-state index is 15.0. The molecule has 1 atom stereocenters. The highest BCUT2D eigenvalue weighted by Crippen LogP contribution is 2.33. The molecule has 4 aromatic rings. The van der Waals surface area contributed by atoms with Crippen molar-refractivity contribution in [3.05, 3.63) is 107 Å². The van der Waals surface area contributed by atoms with Gasteiger partial charge < -0.3 is 14.6 Å². The van der Waals surface area contributed by atoms with Crippen LogP contribution in [0.2, 0.25) is 0 Å². The van der Waals surface area contributed by atoms with Gasteiger partial charge in [-0.25, -0.2) is 13.2 Å². The SMILES string of the molecule is CCCC(O)c1ccc(-c2ccc(-c3ccc(OCc4ccc(OCC)cc4F)cc3)c(F)c2F)cc1. The second-order valence-corrected chi connectivity index (χ2v) is 8.71. The second kappa shape index (κ2) is 12.0. The molecule has 192 valence electrons. The first-order valence-corrected chi connectivity index (χ1v) is 12.3. The molecule has 0 aliphatic heterocycles. The molecule has 0 aliphatic rings. The fraction of sp³-hybridized carbons (Fsp3) is 0.226. The van der Waals surface area contributed by atoms with E-state index >= 15 is 8.78 Å². The first-order chi connectivity index (χ1) is 17.9. The topological polar surface area (TPSA) is 38.7 Å². The van der Waals surface area contributed by atoms with Gasteiger partial charge in [0, 0.05) is 22.8 Å². The normalized spacial score (nSPS) is 11.8. The summed E-state index contributed by atoms with van der Waals surface area (Å²) in [5.74, 6) is -1.38. The molecule has 0 fully saturated rings. The Hall–Kier alpha value is -3.77. The van der Waals surface area contributed by atoms with E-state index in [2.05, 4.69) is 0 Å². The maximum Gasteiger partial charge on any atom is 0.167 e. The van der Waals surface area contributed by atoms with Crippen molar-refractivity contribution in [2.45, 2.75) is 39.4 Å². The van der Waals surface area contributed by atoms with E-state index in [0.29, 0.717) is 41.2 Å². The van der Waals surface area contributed by atoms with Crippen molar-refractivity contribution in [2.75, 3.05) is 6.61 Å². The van der Waals surface area contributed by atoms with Crippen molar-refractivity contribution in [3.63, 3.8) is 0 Å². The van der Waals surface area contributed by atoms with Crippen LogP contribution in [0.5, 0.6) is 11.5 Å². The lowest BCUT2D eigenvalue weighted by molar-refractivity contribution is 0.166. The summed E-state index contributed by atoms with van der Waals surface area (Å²) in [6.45, 7) is 4.28. The molecule has 0 bridgehead atoms. The Labute approximate surface area is 215 Å². The average molecular weight is 507 g/mol. The first kappa shape index (κ1) is 26.3. The van der Waals surface area contributed by atoms with Crippen LogP contribution < -0.4 is 9.47 Å². The molecule has 3 nitrogen and oxygen atoms in total. The zero-order valence-electron chi connectivity index (χ0n) is 20.8. The molecule has 1 unspecified atom stereocenters. The van der Waals surface area contributed by atoms with Crippen molar-refractivity contribution in [3.8, 4) is 33.8 Å². The molecule has 0 radical (unpaired) electrons. The van der Waals surface area contributed by atoms with Gasteiger partial charge in [0.2, 0.25) is 0 Å². The fourth-order valence-corrected chi connectivity index (χ4v) is 4.11. The largest absolute Gasteiger partial charge is 0.494 e. The Bertz CT molecular complexity index is 1340. The number of aliphatic hydroxyl groups excluding tert-OH is 1. The summed E-state index contributed by atoms with van der Waals surface area (Å²) in [5, 5.41) is 10.1. The predicted molar refractivity (Wildman–Crippen MR) is 139 cm³/mol. The molecule has 6 heteroatoms. The Kier molecular flexibility index (Phi) is 8.51. The lowest BCUT2D eigenvalue weighted by Crippen LogP contribution is -2.00. The molecule has 0 heterocycles. The van der Waals surface area contributed by atoms with Crippen LogP contribution in [0.1, 0.15) is 43.9 Å². The van der Waals surface area contributed by atoms with Crippen LogP contribution in [0.15, 0.2) is 78.9 Å². The maximum absolute atomic E-state index is 15.0. The van der Waals surface area contributed by atoms with Gasteiger partial charge in [-0.2, -0.15) is 0 Å². The van der Waals surface area contributed by atoms with Crippen LogP contribution in [-0.2, 0) is 6.61 Å². The van der Waals surface area contributed by atoms with E-state index in [-0.39, 0.29) is 17.7 Å². The molecule has 0 saturated heterocycles. The highest BCUT2D eigenvalue weighted by Gasteiger charge is 2.17. The molecule has 0 amide bonds. The van der Waals surface area contributed by atoms with Gasteiger partial charge in [-0.15, -0.1) is 0 Å². The van der Waals surface area contributed by atoms with E-state index in [0.717, 1.165) is 12.0 Å². The third kappa shape index (κ3) is 6.15. The molecule has 1 N–H and O–H groups in total. The number of aliphatic hydroxyl groups is 1. The minimum absolute atomic E-state index is 0.0174. The molecule has 4 rings (SSSR count). The smallest absolute Gasteiger partial charge is 0.167 e. The van der Waals surface area contributed by atoms with E-state index < -0.39 is 23.6 Å². The number of rotatable bonds is 10. The van der Waals surface area contributed by atoms with Crippen LogP contribution in [0.3, 0.4) is 0 Å². The van der Waals surface area contributed by atoms with Crippen LogP contribution in [0.25, 0.3) is 22.3 Å². The van der Waals surface area contributed by atoms with Crippen LogP contribution in [0.4, 0.5) is 13.2 Å². The Balaban J connectivity index is 1.47. The first-order valence-electron chi connectivity index (χ1n) is 12.3. The third-order valence-corrected chi connectivity index (χ3v) is 6.15. The minimum atomic E-state index is -0.947. The Morgan fingerprint density at radius 3 is 1.81 bits per heavy atom. The van der Waals surface area contributed by atoms with Gasteiger partial charge in [-0.1, -0.05) is 61.9 Å². The van der Waals surface area contributed by atoms with Crippen LogP contribution in [0, 0.1) is 17.5 Å². The summed E-state index contributed by atoms with van der Waals surface area (Å²) in [6.07, 6.45) is 0.910. The lowest BCUT2D eigenvalue weighted by Gasteiger charge is -2.13. The third-order valence-electron chi connectivity index (χ3n) is 6.15. The average Bonchev–Trinajstić information content (AvgIpc) is 2.91. The number of hydrogen-bond donors (Lipinski definition) is 1. The van der Waals surface area contributed by atoms with Gasteiger partial charge in [0.25, 0.3) is 0 Å². The highest BCUT2D eigenvalue weighted by molar-refractivity contribution is 5.72. The molecular formula is C31H29F3O3. The number of benzene rings is 4. The number of halogens is 3. The van der Waals surface area contributed by atoms with Crippen molar-refractivity contribution < 1.29 is 27.8 Å². The van der Waals surface area contributed by atoms with Gasteiger partial charge in [-0.3, -0.25) is 0 Å². The summed E-state index contributed by atoms with van der Waals surface area (Å²) in [7, 11) is 0. The van der Waals surface area contributed by atoms with Crippen LogP contribution >= 0.6 is 0 Å². The van der Waals surface area contributed by atoms with Crippen molar-refractivity contribution in [1.82, 2.24) is 0 Å². The number of hydrogen-bond acceptors (Lipinski definition) is 3. The van der Waals surface area contributed by atoms with Gasteiger partial charge in [0.15, 0.2) is 11.6 Å². The standard InChI is InChI=1S/C31H29F3O3/c1-3-5-29(35)22-8-6-20(7-9-22)26-16-17-27(31(34)30(26)33)21-10-13-24(14-11-21)37-19-23-12-15-25(36-4-2)18-28(23)32/h6-18,29,35H,3-5,19H2,1-2H3. The molecule has 0 saturated carbocycles. The summed E-state index contributed by atoms with van der Waals surface area (Å²) in [5.41, 5.74) is 2.41. The molecular weight excluding hydrogens is 477 g/mol. The van der Waals surface area contributed by atoms with Gasteiger partial charge in [-0.05, 0) is 54.3 Å². The van der Waals surface area contributed by atoms with Gasteiger partial charge >= 0.3 is 0 Å². The summed E-state index contributed by atoms with van der Waals surface area (Å²) >= 11 is 0. The molecule has 37 heavy (non-hydrogen) atoms. The molecule has 0 spiro atoms. The van der Waals surface area contributed by atoms with Crippen molar-refractivity contribution in [1.29, 1.82) is 0 Å². The zero-order chi connectivity index (χ0) is 26.4. The van der Waals surface area contributed by atoms with Crippen LogP contribution in [-0.4, -0.2) is 11.7 Å². The molecule has 4 aromatic carbocycles. The van der Waals surface area contributed by atoms with E-state index in [4.69, 9.17) is 9.47 Å². The van der Waals surface area contributed by atoms with E-state index in [1.165, 1.54) is 6.07 Å². The van der Waals surface area contributed by atoms with E-state index in [1.54, 1.807) is 72.8 Å². The Morgan fingerprint density at radius 2 is 1.27 bits per heavy atom. The predicted octanol–water partition coefficient (Wildman–Crippen LogP) is 8.25. The van der Waals surface area contributed by atoms with E-state index in [9.17, 15) is 9.50 Å². The van der Waals surface area contributed by atoms with E-state index in [1.807, 2.05) is 13.8 Å². The lowest BCUT2D eigenvalue weighted by atomic mass is 9.97. The summed E-state index contributed by atoms with van der Waals surface area (Å²) in [6, 6.07) is 21.1.